The highest BCUT2D eigenvalue weighted by Crippen LogP contribution is 2.29. The topological polar surface area (TPSA) is 86.8 Å². The third-order valence-electron chi connectivity index (χ3n) is 5.16. The van der Waals surface area contributed by atoms with E-state index in [2.05, 4.69) is 10.3 Å². The van der Waals surface area contributed by atoms with Crippen LogP contribution in [0.3, 0.4) is 0 Å². The fourth-order valence-electron chi connectivity index (χ4n) is 3.41. The number of ether oxygens (including phenoxy) is 3. The number of methoxy groups -OCH3 is 2. The van der Waals surface area contributed by atoms with E-state index in [1.807, 2.05) is 45.0 Å². The van der Waals surface area contributed by atoms with Crippen LogP contribution in [0.5, 0.6) is 11.5 Å². The van der Waals surface area contributed by atoms with Crippen LogP contribution in [0.1, 0.15) is 54.3 Å². The van der Waals surface area contributed by atoms with Crippen LogP contribution in [0, 0.1) is 0 Å². The number of carbonyl (C=O) groups is 2. The second kappa shape index (κ2) is 10.1. The molecule has 1 N–H and O–H groups in total. The number of aromatic nitrogens is 1. The van der Waals surface area contributed by atoms with Gasteiger partial charge in [0.2, 0.25) is 0 Å². The molecule has 0 saturated carbocycles. The molecule has 2 aromatic carbocycles. The Morgan fingerprint density at radius 1 is 1.00 bits per heavy atom. The summed E-state index contributed by atoms with van der Waals surface area (Å²) in [5.41, 5.74) is 2.66. The quantitative estimate of drug-likeness (QED) is 0.527. The average Bonchev–Trinajstić information content (AvgIpc) is 2.81. The number of para-hydroxylation sites is 1. The zero-order valence-corrected chi connectivity index (χ0v) is 19.0. The number of hydrogen-bond acceptors (Lipinski definition) is 6. The monoisotopic (exact) mass is 436 g/mol. The Bertz CT molecular complexity index is 1130. The van der Waals surface area contributed by atoms with Gasteiger partial charge >= 0.3 is 5.97 Å². The number of fused-ring (bicyclic) bond motifs is 1. The summed E-state index contributed by atoms with van der Waals surface area (Å²) in [5.74, 6) is 0.442. The molecule has 1 aromatic heterocycles. The molecule has 0 aliphatic heterocycles. The van der Waals surface area contributed by atoms with E-state index in [1.165, 1.54) is 0 Å². The van der Waals surface area contributed by atoms with Gasteiger partial charge in [-0.3, -0.25) is 9.78 Å². The van der Waals surface area contributed by atoms with E-state index in [9.17, 15) is 9.59 Å². The molecule has 1 atom stereocenters. The third-order valence-corrected chi connectivity index (χ3v) is 5.16. The average molecular weight is 437 g/mol. The number of nitrogens with zero attached hydrogens (tertiary/aromatic N) is 1. The molecule has 0 radical (unpaired) electrons. The lowest BCUT2D eigenvalue weighted by atomic mass is 10.0. The zero-order chi connectivity index (χ0) is 23.3. The Labute approximate surface area is 187 Å². The molecule has 0 saturated heterocycles. The van der Waals surface area contributed by atoms with Crippen LogP contribution in [0.2, 0.25) is 0 Å². The molecule has 3 rings (SSSR count). The molecule has 0 bridgehead atoms. The summed E-state index contributed by atoms with van der Waals surface area (Å²) in [7, 11) is 3.13. The van der Waals surface area contributed by atoms with Crippen LogP contribution >= 0.6 is 0 Å². The summed E-state index contributed by atoms with van der Waals surface area (Å²) < 4.78 is 16.0. The Balaban J connectivity index is 1.71. The van der Waals surface area contributed by atoms with E-state index in [0.29, 0.717) is 28.0 Å². The molecule has 0 spiro atoms. The first-order chi connectivity index (χ1) is 15.3. The van der Waals surface area contributed by atoms with Crippen molar-refractivity contribution in [2.24, 2.45) is 0 Å². The van der Waals surface area contributed by atoms with Gasteiger partial charge in [-0.2, -0.15) is 0 Å². The molecule has 1 amide bonds. The van der Waals surface area contributed by atoms with Gasteiger partial charge in [0.1, 0.15) is 11.5 Å². The standard InChI is InChI=1S/C25H28N2O5/c1-15(2)22-13-20(18-8-6-7-9-21(18)27-22)25(29)32-14-24(28)26-16(3)19-12-17(30-4)10-11-23(19)31-5/h6-13,15-16H,14H2,1-5H3,(H,26,28). The minimum absolute atomic E-state index is 0.146. The van der Waals surface area contributed by atoms with Gasteiger partial charge in [0.15, 0.2) is 6.61 Å². The molecule has 0 aliphatic carbocycles. The maximum absolute atomic E-state index is 12.8. The van der Waals surface area contributed by atoms with Crippen LogP contribution in [0.25, 0.3) is 10.9 Å². The third kappa shape index (κ3) is 5.17. The highest BCUT2D eigenvalue weighted by molar-refractivity contribution is 6.04. The predicted octanol–water partition coefficient (Wildman–Crippen LogP) is 4.41. The summed E-state index contributed by atoms with van der Waals surface area (Å²) in [6, 6.07) is 14.1. The van der Waals surface area contributed by atoms with Crippen molar-refractivity contribution < 1.29 is 23.8 Å². The first-order valence-electron chi connectivity index (χ1n) is 10.4. The summed E-state index contributed by atoms with van der Waals surface area (Å²) in [4.78, 5) is 29.9. The van der Waals surface area contributed by atoms with Gasteiger partial charge in [-0.05, 0) is 43.2 Å². The van der Waals surface area contributed by atoms with Gasteiger partial charge < -0.3 is 19.5 Å². The van der Waals surface area contributed by atoms with Crippen LogP contribution in [-0.2, 0) is 9.53 Å². The largest absolute Gasteiger partial charge is 0.497 e. The molecule has 1 unspecified atom stereocenters. The van der Waals surface area contributed by atoms with Crippen molar-refractivity contribution in [3.63, 3.8) is 0 Å². The number of amides is 1. The summed E-state index contributed by atoms with van der Waals surface area (Å²) in [5, 5.41) is 3.52. The van der Waals surface area contributed by atoms with Crippen molar-refractivity contribution in [3.05, 3.63) is 65.4 Å². The minimum atomic E-state index is -0.563. The van der Waals surface area contributed by atoms with E-state index in [-0.39, 0.29) is 12.0 Å². The van der Waals surface area contributed by atoms with Crippen molar-refractivity contribution in [2.45, 2.75) is 32.7 Å². The second-order valence-electron chi connectivity index (χ2n) is 7.74. The molecule has 0 aliphatic rings. The number of pyridine rings is 1. The molecule has 3 aromatic rings. The minimum Gasteiger partial charge on any atom is -0.497 e. The van der Waals surface area contributed by atoms with Crippen LogP contribution in [0.4, 0.5) is 0 Å². The summed E-state index contributed by atoms with van der Waals surface area (Å²) >= 11 is 0. The van der Waals surface area contributed by atoms with E-state index in [4.69, 9.17) is 14.2 Å². The van der Waals surface area contributed by atoms with Gasteiger partial charge in [0.05, 0.1) is 31.3 Å². The number of hydrogen-bond donors (Lipinski definition) is 1. The summed E-state index contributed by atoms with van der Waals surface area (Å²) in [6.07, 6.45) is 0. The van der Waals surface area contributed by atoms with Gasteiger partial charge in [0, 0.05) is 16.6 Å². The SMILES string of the molecule is COc1ccc(OC)c(C(C)NC(=O)COC(=O)c2cc(C(C)C)nc3ccccc23)c1. The van der Waals surface area contributed by atoms with Gasteiger partial charge in [-0.25, -0.2) is 4.79 Å². The number of benzene rings is 2. The Morgan fingerprint density at radius 3 is 2.44 bits per heavy atom. The van der Waals surface area contributed by atoms with Crippen molar-refractivity contribution in [1.29, 1.82) is 0 Å². The van der Waals surface area contributed by atoms with Crippen molar-refractivity contribution in [1.82, 2.24) is 10.3 Å². The van der Waals surface area contributed by atoms with Crippen molar-refractivity contribution >= 4 is 22.8 Å². The molecule has 168 valence electrons. The smallest absolute Gasteiger partial charge is 0.339 e. The Kier molecular flexibility index (Phi) is 7.30. The number of carbonyl (C=O) groups excluding carboxylic acids is 2. The zero-order valence-electron chi connectivity index (χ0n) is 19.0. The van der Waals surface area contributed by atoms with E-state index in [1.54, 1.807) is 38.5 Å². The lowest BCUT2D eigenvalue weighted by Crippen LogP contribution is -2.31. The van der Waals surface area contributed by atoms with E-state index in [0.717, 1.165) is 11.3 Å². The molecular formula is C25H28N2O5. The molecule has 32 heavy (non-hydrogen) atoms. The van der Waals surface area contributed by atoms with Crippen LogP contribution in [-0.4, -0.2) is 37.7 Å². The first-order valence-corrected chi connectivity index (χ1v) is 10.4. The number of nitrogens with one attached hydrogen (secondary N) is 1. The van der Waals surface area contributed by atoms with Crippen molar-refractivity contribution in [3.8, 4) is 11.5 Å². The lowest BCUT2D eigenvalue weighted by molar-refractivity contribution is -0.124. The molecule has 7 nitrogen and oxygen atoms in total. The Morgan fingerprint density at radius 2 is 1.75 bits per heavy atom. The predicted molar refractivity (Wildman–Crippen MR) is 122 cm³/mol. The highest BCUT2D eigenvalue weighted by atomic mass is 16.5. The van der Waals surface area contributed by atoms with Crippen LogP contribution in [0.15, 0.2) is 48.5 Å². The Hall–Kier alpha value is -3.61. The number of rotatable bonds is 8. The van der Waals surface area contributed by atoms with Crippen molar-refractivity contribution in [2.75, 3.05) is 20.8 Å². The van der Waals surface area contributed by atoms with Gasteiger partial charge in [-0.1, -0.05) is 32.0 Å². The first kappa shape index (κ1) is 23.1. The normalized spacial score (nSPS) is 11.8. The fraction of sp³-hybridized carbons (Fsp3) is 0.320. The molecule has 1 heterocycles. The van der Waals surface area contributed by atoms with E-state index < -0.39 is 18.5 Å². The molecular weight excluding hydrogens is 408 g/mol. The van der Waals surface area contributed by atoms with Gasteiger partial charge in [-0.15, -0.1) is 0 Å². The van der Waals surface area contributed by atoms with Gasteiger partial charge in [0.25, 0.3) is 5.91 Å². The van der Waals surface area contributed by atoms with E-state index >= 15 is 0 Å². The van der Waals surface area contributed by atoms with Crippen LogP contribution < -0.4 is 14.8 Å². The fourth-order valence-corrected chi connectivity index (χ4v) is 3.41. The lowest BCUT2D eigenvalue weighted by Gasteiger charge is -2.18. The molecule has 0 fully saturated rings. The number of esters is 1. The maximum atomic E-state index is 12.8. The maximum Gasteiger partial charge on any atom is 0.339 e. The highest BCUT2D eigenvalue weighted by Gasteiger charge is 2.19. The second-order valence-corrected chi connectivity index (χ2v) is 7.74. The molecule has 7 heteroatoms. The summed E-state index contributed by atoms with van der Waals surface area (Å²) in [6.45, 7) is 5.44.